The first kappa shape index (κ1) is 34.3. The molecule has 2 amide bonds. The summed E-state index contributed by atoms with van der Waals surface area (Å²) in [6.07, 6.45) is 2.80. The normalized spacial score (nSPS) is 24.3. The quantitative estimate of drug-likeness (QED) is 0.140. The van der Waals surface area contributed by atoms with Crippen LogP contribution in [-0.4, -0.2) is 75.3 Å². The molecule has 3 aliphatic rings. The van der Waals surface area contributed by atoms with E-state index in [2.05, 4.69) is 23.8 Å². The highest BCUT2D eigenvalue weighted by atomic mass is 16.6. The van der Waals surface area contributed by atoms with Crippen molar-refractivity contribution < 1.29 is 47.6 Å². The summed E-state index contributed by atoms with van der Waals surface area (Å²) in [7, 11) is 0. The SMILES string of the molecule is C=CC(=O)OCC(COc1ccccc1)OC(=O)NCC12CC(NC(=O)OC(COC(=O)C=C)COc3ccccc3)C3CC1CCC32. The zero-order chi connectivity index (χ0) is 33.9. The molecule has 0 heterocycles. The van der Waals surface area contributed by atoms with Crippen LogP contribution in [-0.2, 0) is 28.5 Å². The van der Waals surface area contributed by atoms with Gasteiger partial charge in [0.2, 0.25) is 0 Å². The first-order valence-electron chi connectivity index (χ1n) is 16.2. The number of carbonyl (C=O) groups is 4. The van der Waals surface area contributed by atoms with Gasteiger partial charge in [0.15, 0.2) is 12.2 Å². The van der Waals surface area contributed by atoms with E-state index < -0.39 is 36.3 Å². The maximum Gasteiger partial charge on any atom is 0.407 e. The molecule has 0 spiro atoms. The highest BCUT2D eigenvalue weighted by molar-refractivity contribution is 5.81. The van der Waals surface area contributed by atoms with Crippen molar-refractivity contribution in [2.24, 2.45) is 23.2 Å². The molecule has 256 valence electrons. The molecular formula is C36H42N2O10. The molecule has 3 saturated carbocycles. The van der Waals surface area contributed by atoms with Gasteiger partial charge >= 0.3 is 24.1 Å². The van der Waals surface area contributed by atoms with Crippen molar-refractivity contribution in [3.8, 4) is 11.5 Å². The van der Waals surface area contributed by atoms with E-state index in [1.54, 1.807) is 24.3 Å². The van der Waals surface area contributed by atoms with E-state index >= 15 is 0 Å². The van der Waals surface area contributed by atoms with Crippen molar-refractivity contribution >= 4 is 24.1 Å². The molecule has 7 unspecified atom stereocenters. The maximum absolute atomic E-state index is 13.1. The van der Waals surface area contributed by atoms with Crippen LogP contribution in [0.3, 0.4) is 0 Å². The molecule has 12 heteroatoms. The number of benzene rings is 2. The Bertz CT molecular complexity index is 1440. The number of ether oxygens (including phenoxy) is 6. The first-order valence-corrected chi connectivity index (χ1v) is 16.2. The first-order chi connectivity index (χ1) is 23.3. The molecule has 7 atom stereocenters. The van der Waals surface area contributed by atoms with E-state index in [0.717, 1.165) is 31.4 Å². The molecule has 0 aliphatic heterocycles. The van der Waals surface area contributed by atoms with Crippen molar-refractivity contribution in [2.75, 3.05) is 33.0 Å². The van der Waals surface area contributed by atoms with Crippen molar-refractivity contribution in [3.05, 3.63) is 86.0 Å². The predicted molar refractivity (Wildman–Crippen MR) is 173 cm³/mol. The Morgan fingerprint density at radius 1 is 0.771 bits per heavy atom. The number of nitrogens with one attached hydrogen (secondary N) is 2. The number of hydrogen-bond acceptors (Lipinski definition) is 10. The lowest BCUT2D eigenvalue weighted by Crippen LogP contribution is -2.47. The molecule has 48 heavy (non-hydrogen) atoms. The van der Waals surface area contributed by atoms with Crippen LogP contribution in [0.4, 0.5) is 9.59 Å². The predicted octanol–water partition coefficient (Wildman–Crippen LogP) is 4.60. The lowest BCUT2D eigenvalue weighted by atomic mass is 9.74. The number of esters is 2. The van der Waals surface area contributed by atoms with Gasteiger partial charge in [-0.25, -0.2) is 19.2 Å². The van der Waals surface area contributed by atoms with Crippen LogP contribution in [0.25, 0.3) is 0 Å². The largest absolute Gasteiger partial charge is 0.490 e. The number of alkyl carbamates (subject to hydrolysis) is 2. The summed E-state index contributed by atoms with van der Waals surface area (Å²) in [6.45, 7) is 6.77. The monoisotopic (exact) mass is 662 g/mol. The molecule has 0 radical (unpaired) electrons. The smallest absolute Gasteiger partial charge is 0.407 e. The molecule has 12 nitrogen and oxygen atoms in total. The van der Waals surface area contributed by atoms with Crippen LogP contribution >= 0.6 is 0 Å². The van der Waals surface area contributed by atoms with Gasteiger partial charge in [-0.2, -0.15) is 0 Å². The topological polar surface area (TPSA) is 148 Å². The van der Waals surface area contributed by atoms with Gasteiger partial charge < -0.3 is 39.1 Å². The van der Waals surface area contributed by atoms with E-state index in [1.165, 1.54) is 0 Å². The van der Waals surface area contributed by atoms with Crippen LogP contribution in [0.5, 0.6) is 11.5 Å². The Hall–Kier alpha value is -5.00. The van der Waals surface area contributed by atoms with Crippen molar-refractivity contribution in [2.45, 2.75) is 43.9 Å². The molecule has 3 fully saturated rings. The molecule has 3 aliphatic carbocycles. The summed E-state index contributed by atoms with van der Waals surface area (Å²) in [5.74, 6) is 0.900. The third kappa shape index (κ3) is 8.67. The van der Waals surface area contributed by atoms with E-state index in [-0.39, 0.29) is 43.8 Å². The van der Waals surface area contributed by atoms with Gasteiger partial charge in [0.1, 0.15) is 37.9 Å². The van der Waals surface area contributed by atoms with Crippen LogP contribution in [0.15, 0.2) is 86.0 Å². The second-order valence-electron chi connectivity index (χ2n) is 12.3. The van der Waals surface area contributed by atoms with Crippen LogP contribution in [0.1, 0.15) is 25.7 Å². The third-order valence-electron chi connectivity index (χ3n) is 9.49. The number of para-hydroxylation sites is 2. The molecule has 2 aromatic rings. The van der Waals surface area contributed by atoms with Crippen LogP contribution < -0.4 is 20.1 Å². The van der Waals surface area contributed by atoms with Gasteiger partial charge in [-0.3, -0.25) is 0 Å². The van der Waals surface area contributed by atoms with Gasteiger partial charge in [-0.05, 0) is 73.1 Å². The molecular weight excluding hydrogens is 620 g/mol. The van der Waals surface area contributed by atoms with Crippen molar-refractivity contribution in [1.29, 1.82) is 0 Å². The second-order valence-corrected chi connectivity index (χ2v) is 12.3. The summed E-state index contributed by atoms with van der Waals surface area (Å²) in [5, 5.41) is 5.99. The minimum Gasteiger partial charge on any atom is -0.490 e. The van der Waals surface area contributed by atoms with Gasteiger partial charge in [0.05, 0.1) is 0 Å². The lowest BCUT2D eigenvalue weighted by Gasteiger charge is -2.36. The molecule has 4 bridgehead atoms. The highest BCUT2D eigenvalue weighted by Gasteiger charge is 2.66. The molecule has 5 rings (SSSR count). The summed E-state index contributed by atoms with van der Waals surface area (Å²) in [5.41, 5.74) is -0.192. The average Bonchev–Trinajstić information content (AvgIpc) is 3.72. The van der Waals surface area contributed by atoms with Gasteiger partial charge in [0.25, 0.3) is 0 Å². The maximum atomic E-state index is 13.1. The molecule has 0 saturated heterocycles. The van der Waals surface area contributed by atoms with Crippen LogP contribution in [0.2, 0.25) is 0 Å². The summed E-state index contributed by atoms with van der Waals surface area (Å²) >= 11 is 0. The summed E-state index contributed by atoms with van der Waals surface area (Å²) in [6, 6.07) is 17.9. The summed E-state index contributed by atoms with van der Waals surface area (Å²) < 4.78 is 33.1. The zero-order valence-electron chi connectivity index (χ0n) is 26.8. The molecule has 0 aromatic heterocycles. The van der Waals surface area contributed by atoms with Crippen molar-refractivity contribution in [3.63, 3.8) is 0 Å². The zero-order valence-corrected chi connectivity index (χ0v) is 26.8. The van der Waals surface area contributed by atoms with E-state index in [4.69, 9.17) is 28.4 Å². The fraction of sp³-hybridized carbons (Fsp3) is 0.444. The second kappa shape index (κ2) is 16.2. The number of rotatable bonds is 17. The molecule has 2 N–H and O–H groups in total. The number of amides is 2. The summed E-state index contributed by atoms with van der Waals surface area (Å²) in [4.78, 5) is 49.5. The number of carbonyl (C=O) groups excluding carboxylic acids is 4. The van der Waals surface area contributed by atoms with Crippen molar-refractivity contribution in [1.82, 2.24) is 10.6 Å². The van der Waals surface area contributed by atoms with E-state index in [1.807, 2.05) is 36.4 Å². The Labute approximate surface area is 279 Å². The van der Waals surface area contributed by atoms with Gasteiger partial charge in [0, 0.05) is 24.7 Å². The Kier molecular flexibility index (Phi) is 11.6. The molecule has 2 aromatic carbocycles. The third-order valence-corrected chi connectivity index (χ3v) is 9.49. The average molecular weight is 663 g/mol. The highest BCUT2D eigenvalue weighted by Crippen LogP contribution is 2.68. The Morgan fingerprint density at radius 3 is 1.85 bits per heavy atom. The van der Waals surface area contributed by atoms with E-state index in [0.29, 0.717) is 36.3 Å². The minimum absolute atomic E-state index is 0.0131. The van der Waals surface area contributed by atoms with Gasteiger partial charge in [-0.1, -0.05) is 49.6 Å². The van der Waals surface area contributed by atoms with E-state index in [9.17, 15) is 19.2 Å². The minimum atomic E-state index is -0.850. The lowest BCUT2D eigenvalue weighted by molar-refractivity contribution is -0.142. The fourth-order valence-corrected chi connectivity index (χ4v) is 7.45. The van der Waals surface area contributed by atoms with Crippen LogP contribution in [0, 0.1) is 23.2 Å². The van der Waals surface area contributed by atoms with Gasteiger partial charge in [-0.15, -0.1) is 0 Å². The Morgan fingerprint density at radius 2 is 1.31 bits per heavy atom. The fourth-order valence-electron chi connectivity index (χ4n) is 7.45. The Balaban J connectivity index is 1.15. The number of hydrogen-bond donors (Lipinski definition) is 2. The standard InChI is InChI=1S/C36H42N2O10/c1-3-32(39)45-21-27(19-43-25-11-7-5-8-12-25)47-34(41)37-23-36-18-31(29-17-24(36)15-16-30(29)36)38-35(42)48-28(22-46-33(40)4-2)20-44-26-13-9-6-10-14-26/h3-14,24,27-31H,1-2,15-23H2,(H,37,41)(H,38,42).